The lowest BCUT2D eigenvalue weighted by atomic mass is 10.1. The number of nitrogens with one attached hydrogen (secondary N) is 5. The summed E-state index contributed by atoms with van der Waals surface area (Å²) in [7, 11) is 6.26. The molecule has 0 unspecified atom stereocenters. The summed E-state index contributed by atoms with van der Waals surface area (Å²) in [5.41, 5.74) is 29.1. The summed E-state index contributed by atoms with van der Waals surface area (Å²) in [6.07, 6.45) is 15.1. The average Bonchev–Trinajstić information content (AvgIpc) is 3.25. The first-order chi connectivity index (χ1) is 30.0. The molecule has 16 nitrogen and oxygen atoms in total. The van der Waals surface area contributed by atoms with E-state index in [-0.39, 0.29) is 0 Å². The first kappa shape index (κ1) is 60.4. The third kappa shape index (κ3) is 41.8. The summed E-state index contributed by atoms with van der Waals surface area (Å²) in [6.45, 7) is 30.1. The molecule has 0 saturated heterocycles. The number of likely N-dealkylation sites (N-methyl/N-ethyl adjacent to an activating group) is 2. The second kappa shape index (κ2) is 48.8. The van der Waals surface area contributed by atoms with Crippen LogP contribution in [0, 0.1) is 0 Å². The molecule has 0 fully saturated rings. The summed E-state index contributed by atoms with van der Waals surface area (Å²) >= 11 is 0. The average molecular weight is 873 g/mol. The molecule has 15 N–H and O–H groups in total. The van der Waals surface area contributed by atoms with Gasteiger partial charge in [0, 0.05) is 144 Å². The lowest BCUT2D eigenvalue weighted by Crippen LogP contribution is -2.42. The van der Waals surface area contributed by atoms with E-state index in [4.69, 9.17) is 28.7 Å². The fourth-order valence-corrected chi connectivity index (χ4v) is 7.89. The quantitative estimate of drug-likeness (QED) is 0.0337. The molecular formula is C45H108N16. The Hall–Kier alpha value is -0.640. The van der Waals surface area contributed by atoms with Crippen LogP contribution in [0.25, 0.3) is 0 Å². The smallest absolute Gasteiger partial charge is 0.0108 e. The fraction of sp³-hybridized carbons (Fsp3) is 1.00. The number of nitrogens with zero attached hydrogens (tertiary/aromatic N) is 6. The van der Waals surface area contributed by atoms with Gasteiger partial charge in [-0.3, -0.25) is 4.90 Å². The van der Waals surface area contributed by atoms with Gasteiger partial charge in [0.2, 0.25) is 0 Å². The Morgan fingerprint density at radius 3 is 0.934 bits per heavy atom. The maximum absolute atomic E-state index is 5.97. The lowest BCUT2D eigenvalue weighted by Gasteiger charge is -2.26. The van der Waals surface area contributed by atoms with Crippen molar-refractivity contribution < 1.29 is 0 Å². The minimum atomic E-state index is 0.687. The van der Waals surface area contributed by atoms with E-state index in [0.29, 0.717) is 19.6 Å². The van der Waals surface area contributed by atoms with E-state index in [1.54, 1.807) is 0 Å². The molecule has 0 aromatic rings. The maximum atomic E-state index is 5.97. The van der Waals surface area contributed by atoms with Crippen molar-refractivity contribution in [3.8, 4) is 0 Å². The molecule has 0 saturated carbocycles. The standard InChI is InChI=1S/C45H108N16/c1-51-21-8-4-10-30-57(37-18-48)31-12-6-13-33-58(32-11-5-9-29-56(3)36-17-47)41-25-54-26-42-60(35-15-7-14-34-59(38-19-49)39-20-50)43-27-55-28-45-61(40-23-52-2)44-24-53-22-16-46/h51-55H,4-50H2,1-3H3. The van der Waals surface area contributed by atoms with E-state index in [0.717, 1.165) is 151 Å². The van der Waals surface area contributed by atoms with Crippen molar-refractivity contribution in [3.63, 3.8) is 0 Å². The summed E-state index contributed by atoms with van der Waals surface area (Å²) in [5, 5.41) is 17.6. The summed E-state index contributed by atoms with van der Waals surface area (Å²) in [4.78, 5) is 15.3. The molecule has 0 rings (SSSR count). The van der Waals surface area contributed by atoms with Crippen molar-refractivity contribution >= 4 is 0 Å². The van der Waals surface area contributed by atoms with Gasteiger partial charge in [-0.05, 0) is 125 Å². The van der Waals surface area contributed by atoms with E-state index in [2.05, 4.69) is 63.0 Å². The van der Waals surface area contributed by atoms with E-state index >= 15 is 0 Å². The largest absolute Gasteiger partial charge is 0.329 e. The maximum Gasteiger partial charge on any atom is 0.0108 e. The molecule has 0 aliphatic carbocycles. The number of hydrogen-bond donors (Lipinski definition) is 10. The normalized spacial score (nSPS) is 12.3. The van der Waals surface area contributed by atoms with Crippen molar-refractivity contribution in [2.24, 2.45) is 28.7 Å². The number of hydrogen-bond acceptors (Lipinski definition) is 16. The molecule has 0 amide bonds. The molecule has 0 atom stereocenters. The monoisotopic (exact) mass is 873 g/mol. The Morgan fingerprint density at radius 1 is 0.262 bits per heavy atom. The third-order valence-electron chi connectivity index (χ3n) is 11.7. The molecule has 0 heterocycles. The van der Waals surface area contributed by atoms with Gasteiger partial charge in [0.25, 0.3) is 0 Å². The summed E-state index contributed by atoms with van der Waals surface area (Å²) in [5.74, 6) is 0. The van der Waals surface area contributed by atoms with Crippen molar-refractivity contribution in [3.05, 3.63) is 0 Å². The van der Waals surface area contributed by atoms with Crippen molar-refractivity contribution in [2.45, 2.75) is 77.0 Å². The first-order valence-electron chi connectivity index (χ1n) is 25.2. The number of nitrogens with two attached hydrogens (primary N) is 5. The third-order valence-corrected chi connectivity index (χ3v) is 11.7. The second-order valence-corrected chi connectivity index (χ2v) is 17.2. The predicted octanol–water partition coefficient (Wildman–Crippen LogP) is -0.890. The highest BCUT2D eigenvalue weighted by Crippen LogP contribution is 2.07. The minimum Gasteiger partial charge on any atom is -0.329 e. The van der Waals surface area contributed by atoms with E-state index in [1.165, 1.54) is 103 Å². The molecular weight excluding hydrogens is 765 g/mol. The highest BCUT2D eigenvalue weighted by molar-refractivity contribution is 4.69. The van der Waals surface area contributed by atoms with Crippen molar-refractivity contribution in [1.29, 1.82) is 0 Å². The Morgan fingerprint density at radius 2 is 0.557 bits per heavy atom. The van der Waals surface area contributed by atoms with E-state index < -0.39 is 0 Å². The zero-order chi connectivity index (χ0) is 44.7. The van der Waals surface area contributed by atoms with Gasteiger partial charge in [-0.25, -0.2) is 0 Å². The molecule has 0 aromatic carbocycles. The van der Waals surface area contributed by atoms with Crippen LogP contribution in [0.3, 0.4) is 0 Å². The van der Waals surface area contributed by atoms with Crippen LogP contribution in [0.15, 0.2) is 0 Å². The second-order valence-electron chi connectivity index (χ2n) is 17.2. The highest BCUT2D eigenvalue weighted by Gasteiger charge is 2.10. The van der Waals surface area contributed by atoms with Crippen molar-refractivity contribution in [1.82, 2.24) is 56.0 Å². The van der Waals surface area contributed by atoms with Crippen LogP contribution in [-0.4, -0.2) is 247 Å². The van der Waals surface area contributed by atoms with Crippen LogP contribution >= 0.6 is 0 Å². The van der Waals surface area contributed by atoms with Gasteiger partial charge >= 0.3 is 0 Å². The summed E-state index contributed by atoms with van der Waals surface area (Å²) in [6, 6.07) is 0. The van der Waals surface area contributed by atoms with Crippen LogP contribution < -0.4 is 55.3 Å². The topological polar surface area (TPSA) is 210 Å². The Kier molecular flexibility index (Phi) is 48.3. The van der Waals surface area contributed by atoms with Gasteiger partial charge in [0.15, 0.2) is 0 Å². The fourth-order valence-electron chi connectivity index (χ4n) is 7.89. The number of rotatable bonds is 52. The van der Waals surface area contributed by atoms with Crippen LogP contribution in [0.2, 0.25) is 0 Å². The Bertz CT molecular complexity index is 828. The molecule has 61 heavy (non-hydrogen) atoms. The van der Waals surface area contributed by atoms with Crippen molar-refractivity contribution in [2.75, 3.05) is 217 Å². The molecule has 368 valence electrons. The molecule has 0 spiro atoms. The van der Waals surface area contributed by atoms with E-state index in [1.807, 2.05) is 14.1 Å². The lowest BCUT2D eigenvalue weighted by molar-refractivity contribution is 0.237. The van der Waals surface area contributed by atoms with Gasteiger partial charge in [-0.2, -0.15) is 0 Å². The number of unbranched alkanes of at least 4 members (excludes halogenated alkanes) is 8. The van der Waals surface area contributed by atoms with Crippen LogP contribution in [0.4, 0.5) is 0 Å². The summed E-state index contributed by atoms with van der Waals surface area (Å²) < 4.78 is 0. The van der Waals surface area contributed by atoms with Crippen LogP contribution in [0.5, 0.6) is 0 Å². The zero-order valence-corrected chi connectivity index (χ0v) is 40.8. The molecule has 0 aromatic heterocycles. The molecule has 0 radical (unpaired) electrons. The molecule has 0 aliphatic heterocycles. The molecule has 0 bridgehead atoms. The Labute approximate surface area is 378 Å². The van der Waals surface area contributed by atoms with Gasteiger partial charge in [-0.15, -0.1) is 0 Å². The van der Waals surface area contributed by atoms with Gasteiger partial charge < -0.3 is 79.8 Å². The first-order valence-corrected chi connectivity index (χ1v) is 25.2. The SMILES string of the molecule is CNCCCCCN(CCN)CCCCCN(CCCCCN(C)CCN)CCNCCN(CCCCCN(CCN)CCN)CCNCCN(CCNC)CCNCCN. The zero-order valence-electron chi connectivity index (χ0n) is 40.8. The van der Waals surface area contributed by atoms with Gasteiger partial charge in [0.05, 0.1) is 0 Å². The van der Waals surface area contributed by atoms with Gasteiger partial charge in [0.1, 0.15) is 0 Å². The highest BCUT2D eigenvalue weighted by atomic mass is 15.2. The van der Waals surface area contributed by atoms with Crippen LogP contribution in [0.1, 0.15) is 77.0 Å². The minimum absolute atomic E-state index is 0.687. The Balaban J connectivity index is 5.03. The molecule has 16 heteroatoms. The van der Waals surface area contributed by atoms with Gasteiger partial charge in [-0.1, -0.05) is 25.7 Å². The van der Waals surface area contributed by atoms with Crippen LogP contribution in [-0.2, 0) is 0 Å². The van der Waals surface area contributed by atoms with E-state index in [9.17, 15) is 0 Å². The predicted molar refractivity (Wildman–Crippen MR) is 267 cm³/mol. The molecule has 0 aliphatic rings.